The Bertz CT molecular complexity index is 2060. The fourth-order valence-electron chi connectivity index (χ4n) is 7.51. The maximum atomic E-state index is 17.0. The van der Waals surface area contributed by atoms with Gasteiger partial charge in [-0.25, -0.2) is 18.2 Å². The minimum absolute atomic E-state index is 0.0561. The van der Waals surface area contributed by atoms with E-state index in [2.05, 4.69) is 43.8 Å². The first-order chi connectivity index (χ1) is 23.2. The molecule has 0 unspecified atom stereocenters. The molecule has 0 aliphatic carbocycles. The summed E-state index contributed by atoms with van der Waals surface area (Å²) in [5, 5.41) is 15.0. The molecule has 3 atom stereocenters. The quantitative estimate of drug-likeness (QED) is 0.257. The number of piperazine rings is 1. The normalized spacial score (nSPS) is 23.5. The van der Waals surface area contributed by atoms with Gasteiger partial charge in [-0.1, -0.05) is 25.8 Å². The molecule has 3 aliphatic rings. The number of fused-ring (bicyclic) bond motifs is 4. The minimum atomic E-state index is -0.861. The number of halogens is 3. The van der Waals surface area contributed by atoms with Crippen LogP contribution in [0.15, 0.2) is 36.2 Å². The summed E-state index contributed by atoms with van der Waals surface area (Å²) in [6.45, 7) is 7.38. The van der Waals surface area contributed by atoms with Gasteiger partial charge >= 0.3 is 6.01 Å². The van der Waals surface area contributed by atoms with Crippen LogP contribution in [0.5, 0.6) is 11.8 Å². The van der Waals surface area contributed by atoms with Gasteiger partial charge in [-0.2, -0.15) is 9.97 Å². The van der Waals surface area contributed by atoms with Crippen molar-refractivity contribution in [2.75, 3.05) is 44.2 Å². The third-order valence-electron chi connectivity index (χ3n) is 9.99. The first-order valence-corrected chi connectivity index (χ1v) is 16.1. The number of terminal acetylenes is 2. The molecular weight excluding hydrogens is 617 g/mol. The van der Waals surface area contributed by atoms with Crippen molar-refractivity contribution in [3.63, 3.8) is 0 Å². The number of aromatic nitrogens is 3. The number of ether oxygens (including phenoxy) is 1. The third kappa shape index (κ3) is 5.37. The SMILES string of the molecule is C#Cc1c(F)ccc2cc(O)cc(-c3nc(C#C)c4c(N5C[C@H]6CC[C@@H](C5)N6)nc(OC[C@]5(C)CN(CC)CC/C5=C\F)nc4c3F)c12. The zero-order valence-corrected chi connectivity index (χ0v) is 26.8. The lowest BCUT2D eigenvalue weighted by molar-refractivity contribution is 0.0977. The Kier molecular flexibility index (Phi) is 8.14. The largest absolute Gasteiger partial charge is 0.508 e. The number of hydrogen-bond acceptors (Lipinski definition) is 8. The summed E-state index contributed by atoms with van der Waals surface area (Å²) >= 11 is 0. The molecule has 7 rings (SSSR count). The molecule has 0 amide bonds. The number of anilines is 1. The van der Waals surface area contributed by atoms with Gasteiger partial charge in [0.1, 0.15) is 40.9 Å². The summed E-state index contributed by atoms with van der Waals surface area (Å²) in [6.07, 6.45) is 14.9. The zero-order valence-electron chi connectivity index (χ0n) is 26.8. The van der Waals surface area contributed by atoms with E-state index in [1.807, 2.05) is 6.92 Å². The minimum Gasteiger partial charge on any atom is -0.508 e. The fraction of sp³-hybridized carbons (Fsp3) is 0.378. The number of aromatic hydroxyl groups is 1. The van der Waals surface area contributed by atoms with Crippen LogP contribution in [0.2, 0.25) is 0 Å². The molecule has 0 spiro atoms. The second kappa shape index (κ2) is 12.3. The summed E-state index contributed by atoms with van der Waals surface area (Å²) in [6, 6.07) is 5.69. The molecule has 2 bridgehead atoms. The number of likely N-dealkylation sites (tertiary alicyclic amines) is 1. The van der Waals surface area contributed by atoms with Gasteiger partial charge in [0.05, 0.1) is 17.3 Å². The molecule has 4 aromatic rings. The highest BCUT2D eigenvalue weighted by molar-refractivity contribution is 6.04. The van der Waals surface area contributed by atoms with Crippen molar-refractivity contribution >= 4 is 27.5 Å². The monoisotopic (exact) mass is 652 g/mol. The molecule has 2 aromatic carbocycles. The second-order valence-electron chi connectivity index (χ2n) is 13.1. The molecule has 8 nitrogen and oxygen atoms in total. The van der Waals surface area contributed by atoms with E-state index in [9.17, 15) is 13.9 Å². The van der Waals surface area contributed by atoms with Gasteiger partial charge in [-0.05, 0) is 60.9 Å². The molecule has 246 valence electrons. The lowest BCUT2D eigenvalue weighted by Crippen LogP contribution is -2.51. The summed E-state index contributed by atoms with van der Waals surface area (Å²) < 4.78 is 52.3. The van der Waals surface area contributed by atoms with Crippen molar-refractivity contribution in [3.05, 3.63) is 59.1 Å². The topological polar surface area (TPSA) is 86.6 Å². The van der Waals surface area contributed by atoms with Crippen LogP contribution in [-0.4, -0.2) is 76.4 Å². The summed E-state index contributed by atoms with van der Waals surface area (Å²) in [4.78, 5) is 18.2. The van der Waals surface area contributed by atoms with Gasteiger partial charge in [0.25, 0.3) is 0 Å². The molecule has 0 saturated carbocycles. The van der Waals surface area contributed by atoms with Crippen molar-refractivity contribution in [3.8, 4) is 47.7 Å². The van der Waals surface area contributed by atoms with Crippen LogP contribution in [-0.2, 0) is 0 Å². The average Bonchev–Trinajstić information content (AvgIpc) is 3.43. The van der Waals surface area contributed by atoms with Crippen molar-refractivity contribution in [1.82, 2.24) is 25.2 Å². The van der Waals surface area contributed by atoms with Gasteiger partial charge in [0.2, 0.25) is 0 Å². The molecule has 3 aliphatic heterocycles. The van der Waals surface area contributed by atoms with Gasteiger partial charge < -0.3 is 25.0 Å². The number of nitrogens with one attached hydrogen (secondary N) is 1. The number of piperidine rings is 1. The van der Waals surface area contributed by atoms with E-state index >= 15 is 4.39 Å². The molecular formula is C37H35F3N6O2. The molecule has 11 heteroatoms. The van der Waals surface area contributed by atoms with E-state index in [1.54, 1.807) is 0 Å². The molecule has 2 aromatic heterocycles. The molecule has 5 heterocycles. The van der Waals surface area contributed by atoms with E-state index in [0.29, 0.717) is 49.2 Å². The highest BCUT2D eigenvalue weighted by atomic mass is 19.1. The number of phenolic OH excluding ortho intramolecular Hbond substituents is 1. The Balaban J connectivity index is 1.43. The van der Waals surface area contributed by atoms with E-state index in [0.717, 1.165) is 25.9 Å². The molecule has 0 radical (unpaired) electrons. The smallest absolute Gasteiger partial charge is 0.319 e. The standard InChI is InChI=1S/C37H35F3N6O2/c1-5-26-28(39)11-8-21-14-25(47)15-27(30(21)26)33-32(40)34-31(29(6-2)42-33)35(46-17-23-9-10-24(18-46)41-23)44-36(43-34)48-20-37(4)19-45(7-3)13-12-22(37)16-38/h1-2,8,11,14-16,23-24,41,47H,7,9-10,12-13,17-20H2,3-4H3/b22-16+/t23-,24+,37-/m0/s1. The third-order valence-corrected chi connectivity index (χ3v) is 9.99. The van der Waals surface area contributed by atoms with Crippen LogP contribution < -0.4 is 15.0 Å². The van der Waals surface area contributed by atoms with Crippen molar-refractivity contribution in [2.24, 2.45) is 5.41 Å². The Morgan fingerprint density at radius 2 is 1.88 bits per heavy atom. The molecule has 3 fully saturated rings. The van der Waals surface area contributed by atoms with Crippen LogP contribution in [0.25, 0.3) is 32.9 Å². The van der Waals surface area contributed by atoms with E-state index in [1.165, 1.54) is 24.3 Å². The Hall–Kier alpha value is -4.84. The van der Waals surface area contributed by atoms with Crippen LogP contribution in [0.4, 0.5) is 19.0 Å². The number of benzene rings is 2. The van der Waals surface area contributed by atoms with Crippen LogP contribution in [0, 0.1) is 41.7 Å². The van der Waals surface area contributed by atoms with Crippen molar-refractivity contribution in [1.29, 1.82) is 0 Å². The fourth-order valence-corrected chi connectivity index (χ4v) is 7.51. The predicted octanol–water partition coefficient (Wildman–Crippen LogP) is 5.70. The van der Waals surface area contributed by atoms with E-state index in [4.69, 9.17) is 22.6 Å². The van der Waals surface area contributed by atoms with Crippen LogP contribution >= 0.6 is 0 Å². The maximum absolute atomic E-state index is 17.0. The Morgan fingerprint density at radius 1 is 1.10 bits per heavy atom. The predicted molar refractivity (Wildman–Crippen MR) is 179 cm³/mol. The zero-order chi connectivity index (χ0) is 33.7. The lowest BCUT2D eigenvalue weighted by Gasteiger charge is -2.41. The van der Waals surface area contributed by atoms with Gasteiger partial charge in [-0.3, -0.25) is 0 Å². The molecule has 2 N–H and O–H groups in total. The average molecular weight is 653 g/mol. The van der Waals surface area contributed by atoms with Crippen molar-refractivity contribution < 1.29 is 23.0 Å². The van der Waals surface area contributed by atoms with Gasteiger partial charge in [0, 0.05) is 54.6 Å². The number of pyridine rings is 1. The number of rotatable bonds is 6. The van der Waals surface area contributed by atoms with Crippen LogP contribution in [0.3, 0.4) is 0 Å². The molecule has 3 saturated heterocycles. The lowest BCUT2D eigenvalue weighted by atomic mass is 9.78. The van der Waals surface area contributed by atoms with Crippen LogP contribution in [0.1, 0.15) is 44.4 Å². The Labute approximate surface area is 277 Å². The summed E-state index contributed by atoms with van der Waals surface area (Å²) in [5.41, 5.74) is -0.403. The number of nitrogens with zero attached hydrogens (tertiary/aromatic N) is 5. The molecule has 48 heavy (non-hydrogen) atoms. The van der Waals surface area contributed by atoms with E-state index in [-0.39, 0.29) is 69.3 Å². The van der Waals surface area contributed by atoms with Gasteiger partial charge in [-0.15, -0.1) is 12.8 Å². The highest BCUT2D eigenvalue weighted by Crippen LogP contribution is 2.41. The highest BCUT2D eigenvalue weighted by Gasteiger charge is 2.38. The van der Waals surface area contributed by atoms with Crippen molar-refractivity contribution in [2.45, 2.75) is 45.2 Å². The first-order valence-electron chi connectivity index (χ1n) is 16.1. The van der Waals surface area contributed by atoms with E-state index < -0.39 is 17.0 Å². The summed E-state index contributed by atoms with van der Waals surface area (Å²) in [5.74, 6) is 3.60. The maximum Gasteiger partial charge on any atom is 0.319 e. The second-order valence-corrected chi connectivity index (χ2v) is 13.1. The number of phenols is 1. The first kappa shape index (κ1) is 31.7. The van der Waals surface area contributed by atoms with Gasteiger partial charge in [0.15, 0.2) is 5.82 Å². The number of hydrogen-bond donors (Lipinski definition) is 2. The summed E-state index contributed by atoms with van der Waals surface area (Å²) in [7, 11) is 0. The Morgan fingerprint density at radius 3 is 2.56 bits per heavy atom.